The summed E-state index contributed by atoms with van der Waals surface area (Å²) in [5.74, 6) is 0.748. The lowest BCUT2D eigenvalue weighted by Crippen LogP contribution is -2.41. The number of nitrogens with zero attached hydrogens (tertiary/aromatic N) is 6. The van der Waals surface area contributed by atoms with Crippen LogP contribution in [0.4, 0.5) is 10.2 Å². The van der Waals surface area contributed by atoms with E-state index in [0.29, 0.717) is 12.2 Å². The summed E-state index contributed by atoms with van der Waals surface area (Å²) in [4.78, 5) is 16.7. The fourth-order valence-corrected chi connectivity index (χ4v) is 3.50. The Morgan fingerprint density at radius 2 is 1.93 bits per heavy atom. The molecule has 3 aromatic rings. The summed E-state index contributed by atoms with van der Waals surface area (Å²) in [6.07, 6.45) is 3.16. The molecular formula is C19H21FN6O. The van der Waals surface area contributed by atoms with Crippen LogP contribution in [-0.2, 0) is 11.3 Å². The Labute approximate surface area is 156 Å². The fraction of sp³-hybridized carbons (Fsp3) is 0.368. The summed E-state index contributed by atoms with van der Waals surface area (Å²) in [6, 6.07) is 10.1. The number of hydrogen-bond acceptors (Lipinski definition) is 5. The van der Waals surface area contributed by atoms with Crippen molar-refractivity contribution in [2.24, 2.45) is 5.92 Å². The molecule has 27 heavy (non-hydrogen) atoms. The standard InChI is InChI=1S/C19H21FN6O/c1-24(12-14-2-4-16(20)5-3-14)19(27)15-8-10-25(11-9-15)18-7-6-17-22-21-13-26(17)23-18/h2-7,13,15H,8-12H2,1H3. The molecule has 0 unspecified atom stereocenters. The normalized spacial score (nSPS) is 15.3. The lowest BCUT2D eigenvalue weighted by molar-refractivity contribution is -0.135. The highest BCUT2D eigenvalue weighted by Crippen LogP contribution is 2.23. The van der Waals surface area contributed by atoms with Gasteiger partial charge in [0.1, 0.15) is 18.0 Å². The second-order valence-electron chi connectivity index (χ2n) is 6.91. The van der Waals surface area contributed by atoms with Crippen molar-refractivity contribution in [2.45, 2.75) is 19.4 Å². The molecule has 7 nitrogen and oxygen atoms in total. The van der Waals surface area contributed by atoms with Crippen LogP contribution in [0.1, 0.15) is 18.4 Å². The SMILES string of the molecule is CN(Cc1ccc(F)cc1)C(=O)C1CCN(c2ccc3nncn3n2)CC1. The van der Waals surface area contributed by atoms with Crippen LogP contribution in [0.2, 0.25) is 0 Å². The Hall–Kier alpha value is -3.03. The Kier molecular flexibility index (Phi) is 4.70. The number of piperidine rings is 1. The van der Waals surface area contributed by atoms with Crippen molar-refractivity contribution in [3.8, 4) is 0 Å². The number of carbonyl (C=O) groups excluding carboxylic acids is 1. The zero-order chi connectivity index (χ0) is 18.8. The number of hydrogen-bond donors (Lipinski definition) is 0. The largest absolute Gasteiger partial charge is 0.355 e. The Bertz CT molecular complexity index is 933. The molecule has 1 aliphatic rings. The maximum atomic E-state index is 13.0. The van der Waals surface area contributed by atoms with Gasteiger partial charge in [0.25, 0.3) is 0 Å². The van der Waals surface area contributed by atoms with Crippen LogP contribution in [0.25, 0.3) is 5.65 Å². The van der Waals surface area contributed by atoms with E-state index < -0.39 is 0 Å². The van der Waals surface area contributed by atoms with Crippen molar-refractivity contribution in [1.82, 2.24) is 24.7 Å². The van der Waals surface area contributed by atoms with Gasteiger partial charge < -0.3 is 9.80 Å². The van der Waals surface area contributed by atoms with Gasteiger partial charge >= 0.3 is 0 Å². The number of amides is 1. The zero-order valence-corrected chi connectivity index (χ0v) is 15.1. The molecule has 2 aromatic heterocycles. The molecule has 1 amide bonds. The number of carbonyl (C=O) groups is 1. The fourth-order valence-electron chi connectivity index (χ4n) is 3.50. The number of benzene rings is 1. The summed E-state index contributed by atoms with van der Waals surface area (Å²) in [7, 11) is 1.81. The lowest BCUT2D eigenvalue weighted by atomic mass is 9.95. The Balaban J connectivity index is 1.35. The van der Waals surface area contributed by atoms with Gasteiger partial charge in [-0.1, -0.05) is 12.1 Å². The third-order valence-electron chi connectivity index (χ3n) is 5.03. The number of aromatic nitrogens is 4. The van der Waals surface area contributed by atoms with E-state index in [0.717, 1.165) is 37.3 Å². The molecule has 1 fully saturated rings. The first kappa shape index (κ1) is 17.4. The number of anilines is 1. The third-order valence-corrected chi connectivity index (χ3v) is 5.03. The second kappa shape index (κ2) is 7.30. The van der Waals surface area contributed by atoms with E-state index in [2.05, 4.69) is 20.2 Å². The van der Waals surface area contributed by atoms with Crippen molar-refractivity contribution in [1.29, 1.82) is 0 Å². The molecule has 140 valence electrons. The van der Waals surface area contributed by atoms with Gasteiger partial charge in [-0.2, -0.15) is 4.52 Å². The third kappa shape index (κ3) is 3.74. The first-order chi connectivity index (χ1) is 13.1. The van der Waals surface area contributed by atoms with Crippen LogP contribution in [0.15, 0.2) is 42.7 Å². The smallest absolute Gasteiger partial charge is 0.225 e. The van der Waals surface area contributed by atoms with Gasteiger partial charge in [-0.25, -0.2) is 4.39 Å². The van der Waals surface area contributed by atoms with Gasteiger partial charge in [-0.15, -0.1) is 15.3 Å². The molecule has 0 atom stereocenters. The molecule has 0 saturated carbocycles. The summed E-state index contributed by atoms with van der Waals surface area (Å²) in [5.41, 5.74) is 1.64. The first-order valence-corrected chi connectivity index (χ1v) is 9.01. The molecule has 8 heteroatoms. The molecule has 0 spiro atoms. The average molecular weight is 368 g/mol. The van der Waals surface area contributed by atoms with E-state index in [1.165, 1.54) is 12.1 Å². The topological polar surface area (TPSA) is 66.6 Å². The van der Waals surface area contributed by atoms with Gasteiger partial charge in [-0.3, -0.25) is 4.79 Å². The van der Waals surface area contributed by atoms with Crippen molar-refractivity contribution < 1.29 is 9.18 Å². The molecule has 0 radical (unpaired) electrons. The highest BCUT2D eigenvalue weighted by Gasteiger charge is 2.28. The van der Waals surface area contributed by atoms with Crippen LogP contribution in [0.5, 0.6) is 0 Å². The number of rotatable bonds is 4. The van der Waals surface area contributed by atoms with Crippen molar-refractivity contribution in [3.05, 3.63) is 54.1 Å². The van der Waals surface area contributed by atoms with E-state index in [1.54, 1.807) is 34.9 Å². The van der Waals surface area contributed by atoms with Gasteiger partial charge in [0.2, 0.25) is 5.91 Å². The zero-order valence-electron chi connectivity index (χ0n) is 15.1. The van der Waals surface area contributed by atoms with Crippen molar-refractivity contribution >= 4 is 17.4 Å². The van der Waals surface area contributed by atoms with E-state index in [-0.39, 0.29) is 17.6 Å². The molecule has 0 bridgehead atoms. The van der Waals surface area contributed by atoms with Crippen LogP contribution in [0, 0.1) is 11.7 Å². The highest BCUT2D eigenvalue weighted by atomic mass is 19.1. The Morgan fingerprint density at radius 3 is 2.67 bits per heavy atom. The maximum absolute atomic E-state index is 13.0. The van der Waals surface area contributed by atoms with E-state index in [4.69, 9.17) is 0 Å². The minimum Gasteiger partial charge on any atom is -0.355 e. The van der Waals surface area contributed by atoms with Crippen molar-refractivity contribution in [3.63, 3.8) is 0 Å². The van der Waals surface area contributed by atoms with Crippen molar-refractivity contribution in [2.75, 3.05) is 25.0 Å². The second-order valence-corrected chi connectivity index (χ2v) is 6.91. The minimum absolute atomic E-state index is 0.00495. The van der Waals surface area contributed by atoms with Gasteiger partial charge in [0.15, 0.2) is 5.65 Å². The van der Waals surface area contributed by atoms with Gasteiger partial charge in [0.05, 0.1) is 0 Å². The molecule has 0 aliphatic carbocycles. The molecule has 1 aliphatic heterocycles. The number of halogens is 1. The van der Waals surface area contributed by atoms with Crippen LogP contribution < -0.4 is 4.90 Å². The molecule has 1 saturated heterocycles. The molecule has 0 N–H and O–H groups in total. The van der Waals surface area contributed by atoms with E-state index in [1.807, 2.05) is 12.1 Å². The summed E-state index contributed by atoms with van der Waals surface area (Å²) >= 11 is 0. The highest BCUT2D eigenvalue weighted by molar-refractivity contribution is 5.79. The monoisotopic (exact) mass is 368 g/mol. The molecule has 4 rings (SSSR count). The number of fused-ring (bicyclic) bond motifs is 1. The quantitative estimate of drug-likeness (QED) is 0.706. The van der Waals surface area contributed by atoms with Gasteiger partial charge in [0, 0.05) is 32.6 Å². The van der Waals surface area contributed by atoms with Crippen LogP contribution in [0.3, 0.4) is 0 Å². The average Bonchev–Trinajstić information content (AvgIpc) is 3.17. The molecule has 1 aromatic carbocycles. The molecular weight excluding hydrogens is 347 g/mol. The maximum Gasteiger partial charge on any atom is 0.225 e. The molecule has 3 heterocycles. The predicted molar refractivity (Wildman–Crippen MR) is 98.6 cm³/mol. The minimum atomic E-state index is -0.265. The predicted octanol–water partition coefficient (Wildman–Crippen LogP) is 2.14. The van der Waals surface area contributed by atoms with E-state index >= 15 is 0 Å². The van der Waals surface area contributed by atoms with Crippen LogP contribution >= 0.6 is 0 Å². The summed E-state index contributed by atoms with van der Waals surface area (Å²) in [6.45, 7) is 2.05. The lowest BCUT2D eigenvalue weighted by Gasteiger charge is -2.33. The summed E-state index contributed by atoms with van der Waals surface area (Å²) in [5, 5.41) is 12.3. The summed E-state index contributed by atoms with van der Waals surface area (Å²) < 4.78 is 14.7. The first-order valence-electron chi connectivity index (χ1n) is 9.01. The van der Waals surface area contributed by atoms with E-state index in [9.17, 15) is 9.18 Å². The van der Waals surface area contributed by atoms with Crippen LogP contribution in [-0.4, -0.2) is 50.8 Å². The Morgan fingerprint density at radius 1 is 1.19 bits per heavy atom. The van der Waals surface area contributed by atoms with Gasteiger partial charge in [-0.05, 0) is 42.7 Å².